The van der Waals surface area contributed by atoms with Gasteiger partial charge in [-0.15, -0.1) is 11.3 Å². The van der Waals surface area contributed by atoms with E-state index in [0.29, 0.717) is 18.4 Å². The van der Waals surface area contributed by atoms with Crippen LogP contribution in [0.3, 0.4) is 0 Å². The Morgan fingerprint density at radius 1 is 1.21 bits per heavy atom. The van der Waals surface area contributed by atoms with Crippen LogP contribution in [0.5, 0.6) is 0 Å². The first kappa shape index (κ1) is 16.1. The van der Waals surface area contributed by atoms with Crippen molar-refractivity contribution >= 4 is 28.8 Å². The Morgan fingerprint density at radius 2 is 2.04 bits per heavy atom. The number of rotatable bonds is 4. The third kappa shape index (κ3) is 3.37. The summed E-state index contributed by atoms with van der Waals surface area (Å²) in [5, 5.41) is 5.21. The molecule has 2 heterocycles. The summed E-state index contributed by atoms with van der Waals surface area (Å²) in [6, 6.07) is 2.34. The predicted octanol–water partition coefficient (Wildman–Crippen LogP) is 3.50. The van der Waals surface area contributed by atoms with Gasteiger partial charge in [0.15, 0.2) is 0 Å². The molecular formula is C19H26N2O2S. The minimum Gasteiger partial charge on any atom is -0.352 e. The van der Waals surface area contributed by atoms with Crippen LogP contribution in [-0.2, 0) is 16.0 Å². The van der Waals surface area contributed by atoms with Crippen molar-refractivity contribution in [3.63, 3.8) is 0 Å². The standard InChI is InChI=1S/C19H26N2O2S/c22-18(20-15-11-14(15)13-5-2-1-3-6-13)12-21-16-9-10-24-17(16)7-4-8-19(21)23/h9-10,13-15H,1-8,11-12H2,(H,20,22)/t14-,15-/m1/s1. The molecule has 1 aliphatic heterocycles. The summed E-state index contributed by atoms with van der Waals surface area (Å²) in [6.07, 6.45) is 10.3. The molecule has 1 aromatic rings. The van der Waals surface area contributed by atoms with E-state index in [2.05, 4.69) is 5.32 Å². The van der Waals surface area contributed by atoms with Gasteiger partial charge < -0.3 is 10.2 Å². The molecule has 2 saturated carbocycles. The van der Waals surface area contributed by atoms with Crippen molar-refractivity contribution in [2.75, 3.05) is 11.4 Å². The molecule has 0 spiro atoms. The van der Waals surface area contributed by atoms with E-state index in [1.165, 1.54) is 37.0 Å². The van der Waals surface area contributed by atoms with Gasteiger partial charge in [0, 0.05) is 17.3 Å². The molecule has 3 aliphatic rings. The van der Waals surface area contributed by atoms with Gasteiger partial charge in [-0.05, 0) is 42.5 Å². The number of hydrogen-bond donors (Lipinski definition) is 1. The average molecular weight is 346 g/mol. The van der Waals surface area contributed by atoms with Crippen LogP contribution >= 0.6 is 11.3 Å². The molecule has 4 nitrogen and oxygen atoms in total. The van der Waals surface area contributed by atoms with Crippen LogP contribution in [0.15, 0.2) is 11.4 Å². The Morgan fingerprint density at radius 3 is 2.88 bits per heavy atom. The van der Waals surface area contributed by atoms with E-state index in [-0.39, 0.29) is 18.4 Å². The van der Waals surface area contributed by atoms with Crippen molar-refractivity contribution in [3.05, 3.63) is 16.3 Å². The molecule has 5 heteroatoms. The molecule has 1 N–H and O–H groups in total. The van der Waals surface area contributed by atoms with Gasteiger partial charge in [-0.3, -0.25) is 9.59 Å². The molecule has 0 aromatic carbocycles. The summed E-state index contributed by atoms with van der Waals surface area (Å²) in [5.74, 6) is 1.59. The summed E-state index contributed by atoms with van der Waals surface area (Å²) in [7, 11) is 0. The first-order chi connectivity index (χ1) is 11.7. The molecule has 1 aromatic heterocycles. The van der Waals surface area contributed by atoms with Crippen LogP contribution in [0, 0.1) is 11.8 Å². The number of thiophene rings is 1. The van der Waals surface area contributed by atoms with E-state index in [0.717, 1.165) is 30.9 Å². The molecule has 2 fully saturated rings. The lowest BCUT2D eigenvalue weighted by Gasteiger charge is -2.23. The zero-order chi connectivity index (χ0) is 16.5. The molecule has 2 atom stereocenters. The second kappa shape index (κ2) is 6.87. The van der Waals surface area contributed by atoms with Gasteiger partial charge in [0.2, 0.25) is 11.8 Å². The van der Waals surface area contributed by atoms with Gasteiger partial charge in [0.1, 0.15) is 6.54 Å². The fourth-order valence-corrected chi connectivity index (χ4v) is 5.39. The number of carbonyl (C=O) groups is 2. The largest absolute Gasteiger partial charge is 0.352 e. The van der Waals surface area contributed by atoms with Crippen molar-refractivity contribution in [3.8, 4) is 0 Å². The van der Waals surface area contributed by atoms with Crippen LogP contribution in [0.4, 0.5) is 5.69 Å². The number of aryl methyl sites for hydroxylation is 1. The number of fused-ring (bicyclic) bond motifs is 1. The van der Waals surface area contributed by atoms with Crippen LogP contribution in [0.25, 0.3) is 0 Å². The normalized spacial score (nSPS) is 27.5. The number of nitrogens with one attached hydrogen (secondary N) is 1. The number of carbonyl (C=O) groups excluding carboxylic acids is 2. The van der Waals surface area contributed by atoms with E-state index < -0.39 is 0 Å². The zero-order valence-corrected chi connectivity index (χ0v) is 14.9. The maximum absolute atomic E-state index is 12.5. The van der Waals surface area contributed by atoms with Gasteiger partial charge in [-0.1, -0.05) is 32.1 Å². The zero-order valence-electron chi connectivity index (χ0n) is 14.1. The highest BCUT2D eigenvalue weighted by atomic mass is 32.1. The summed E-state index contributed by atoms with van der Waals surface area (Å²) in [4.78, 5) is 27.8. The smallest absolute Gasteiger partial charge is 0.240 e. The van der Waals surface area contributed by atoms with Gasteiger partial charge in [-0.2, -0.15) is 0 Å². The van der Waals surface area contributed by atoms with Crippen LogP contribution < -0.4 is 10.2 Å². The first-order valence-corrected chi connectivity index (χ1v) is 10.3. The van der Waals surface area contributed by atoms with Crippen LogP contribution in [-0.4, -0.2) is 24.4 Å². The molecular weight excluding hydrogens is 320 g/mol. The number of anilines is 1. The summed E-state index contributed by atoms with van der Waals surface area (Å²) in [6.45, 7) is 0.177. The predicted molar refractivity (Wildman–Crippen MR) is 96.2 cm³/mol. The summed E-state index contributed by atoms with van der Waals surface area (Å²) in [5.41, 5.74) is 0.956. The summed E-state index contributed by atoms with van der Waals surface area (Å²) < 4.78 is 0. The fraction of sp³-hybridized carbons (Fsp3) is 0.684. The van der Waals surface area contributed by atoms with Crippen molar-refractivity contribution in [1.29, 1.82) is 0 Å². The molecule has 0 saturated heterocycles. The second-order valence-corrected chi connectivity index (χ2v) is 8.53. The van der Waals surface area contributed by atoms with E-state index in [4.69, 9.17) is 0 Å². The van der Waals surface area contributed by atoms with Crippen LogP contribution in [0.1, 0.15) is 56.2 Å². The highest BCUT2D eigenvalue weighted by Gasteiger charge is 2.44. The lowest BCUT2D eigenvalue weighted by Crippen LogP contribution is -2.41. The van der Waals surface area contributed by atoms with Crippen molar-refractivity contribution in [2.45, 2.75) is 63.8 Å². The monoisotopic (exact) mass is 346 g/mol. The lowest BCUT2D eigenvalue weighted by atomic mass is 9.85. The molecule has 130 valence electrons. The third-order valence-corrected chi connectivity index (χ3v) is 6.82. The van der Waals surface area contributed by atoms with E-state index >= 15 is 0 Å². The van der Waals surface area contributed by atoms with E-state index in [9.17, 15) is 9.59 Å². The minimum absolute atomic E-state index is 0.00529. The van der Waals surface area contributed by atoms with Crippen molar-refractivity contribution < 1.29 is 9.59 Å². The maximum Gasteiger partial charge on any atom is 0.240 e. The van der Waals surface area contributed by atoms with E-state index in [1.54, 1.807) is 16.2 Å². The Hall–Kier alpha value is -1.36. The molecule has 0 bridgehead atoms. The SMILES string of the molecule is O=C(CN1C(=O)CCCc2sccc21)N[C@@H]1C[C@@H]1C1CCCCC1. The molecule has 2 amide bonds. The molecule has 2 aliphatic carbocycles. The maximum atomic E-state index is 12.5. The highest BCUT2D eigenvalue weighted by Crippen LogP contribution is 2.44. The number of hydrogen-bond acceptors (Lipinski definition) is 3. The Kier molecular flexibility index (Phi) is 4.61. The van der Waals surface area contributed by atoms with E-state index in [1.807, 2.05) is 11.4 Å². The highest BCUT2D eigenvalue weighted by molar-refractivity contribution is 7.10. The molecule has 0 radical (unpaired) electrons. The Bertz CT molecular complexity index is 621. The average Bonchev–Trinajstić information content (AvgIpc) is 3.23. The molecule has 0 unspecified atom stereocenters. The van der Waals surface area contributed by atoms with Crippen LogP contribution in [0.2, 0.25) is 0 Å². The second-order valence-electron chi connectivity index (χ2n) is 7.53. The Balaban J connectivity index is 1.34. The topological polar surface area (TPSA) is 49.4 Å². The minimum atomic E-state index is 0.00529. The fourth-order valence-electron chi connectivity index (χ4n) is 4.46. The first-order valence-electron chi connectivity index (χ1n) is 9.38. The number of amides is 2. The van der Waals surface area contributed by atoms with Crippen molar-refractivity contribution in [2.24, 2.45) is 11.8 Å². The lowest BCUT2D eigenvalue weighted by molar-refractivity contribution is -0.124. The van der Waals surface area contributed by atoms with Gasteiger partial charge in [0.25, 0.3) is 0 Å². The summed E-state index contributed by atoms with van der Waals surface area (Å²) >= 11 is 1.69. The van der Waals surface area contributed by atoms with Crippen molar-refractivity contribution in [1.82, 2.24) is 5.32 Å². The van der Waals surface area contributed by atoms with Gasteiger partial charge in [0.05, 0.1) is 5.69 Å². The van der Waals surface area contributed by atoms with Gasteiger partial charge >= 0.3 is 0 Å². The quantitative estimate of drug-likeness (QED) is 0.907. The molecule has 24 heavy (non-hydrogen) atoms. The Labute approximate surface area is 147 Å². The van der Waals surface area contributed by atoms with Gasteiger partial charge in [-0.25, -0.2) is 0 Å². The third-order valence-electron chi connectivity index (χ3n) is 5.85. The molecule has 4 rings (SSSR count). The number of nitrogens with zero attached hydrogens (tertiary/aromatic N) is 1.